The number of rotatable bonds is 4. The first-order valence-electron chi connectivity index (χ1n) is 7.17. The van der Waals surface area contributed by atoms with Gasteiger partial charge < -0.3 is 5.32 Å². The third kappa shape index (κ3) is 3.47. The van der Waals surface area contributed by atoms with E-state index >= 15 is 0 Å². The monoisotopic (exact) mass is 357 g/mol. The summed E-state index contributed by atoms with van der Waals surface area (Å²) < 4.78 is 1.32. The van der Waals surface area contributed by atoms with E-state index in [1.807, 2.05) is 0 Å². The second-order valence-electron chi connectivity index (χ2n) is 5.52. The molecule has 0 aromatic heterocycles. The Balaban J connectivity index is 2.10. The molecule has 1 aliphatic rings. The van der Waals surface area contributed by atoms with Crippen LogP contribution >= 0.6 is 22.6 Å². The van der Waals surface area contributed by atoms with Gasteiger partial charge in [0.1, 0.15) is 0 Å². The SMILES string of the molecule is CCC1CCCC(C(NC)c2ccc(I)cc2)C1. The van der Waals surface area contributed by atoms with Gasteiger partial charge in [0.05, 0.1) is 0 Å². The Morgan fingerprint density at radius 2 is 2.00 bits per heavy atom. The summed E-state index contributed by atoms with van der Waals surface area (Å²) >= 11 is 2.38. The molecule has 1 aromatic carbocycles. The van der Waals surface area contributed by atoms with Crippen LogP contribution in [-0.2, 0) is 0 Å². The molecule has 0 bridgehead atoms. The first-order chi connectivity index (χ1) is 8.74. The van der Waals surface area contributed by atoms with Crippen molar-refractivity contribution in [3.63, 3.8) is 0 Å². The summed E-state index contributed by atoms with van der Waals surface area (Å²) in [6, 6.07) is 9.56. The molecule has 1 aliphatic carbocycles. The normalized spacial score (nSPS) is 25.9. The van der Waals surface area contributed by atoms with Crippen LogP contribution in [-0.4, -0.2) is 7.05 Å². The highest BCUT2D eigenvalue weighted by molar-refractivity contribution is 14.1. The zero-order valence-corrected chi connectivity index (χ0v) is 13.6. The smallest absolute Gasteiger partial charge is 0.0346 e. The van der Waals surface area contributed by atoms with Crippen molar-refractivity contribution in [1.82, 2.24) is 5.32 Å². The molecule has 0 heterocycles. The predicted octanol–water partition coefficient (Wildman–Crippen LogP) is 4.77. The molecule has 3 atom stereocenters. The standard InChI is InChI=1S/C16H24IN/c1-3-12-5-4-6-14(11-12)16(18-2)13-7-9-15(17)10-8-13/h7-10,12,14,16,18H,3-6,11H2,1-2H3. The fraction of sp³-hybridized carbons (Fsp3) is 0.625. The summed E-state index contributed by atoms with van der Waals surface area (Å²) in [7, 11) is 2.11. The van der Waals surface area contributed by atoms with Crippen molar-refractivity contribution in [2.24, 2.45) is 11.8 Å². The first-order valence-corrected chi connectivity index (χ1v) is 8.25. The van der Waals surface area contributed by atoms with Crippen LogP contribution in [0.4, 0.5) is 0 Å². The number of benzene rings is 1. The van der Waals surface area contributed by atoms with Gasteiger partial charge in [-0.3, -0.25) is 0 Å². The third-order valence-electron chi connectivity index (χ3n) is 4.41. The Morgan fingerprint density at radius 3 is 2.61 bits per heavy atom. The molecular formula is C16H24IN. The van der Waals surface area contributed by atoms with Gasteiger partial charge in [-0.15, -0.1) is 0 Å². The number of hydrogen-bond donors (Lipinski definition) is 1. The maximum absolute atomic E-state index is 3.55. The van der Waals surface area contributed by atoms with Gasteiger partial charge in [0.2, 0.25) is 0 Å². The molecule has 18 heavy (non-hydrogen) atoms. The van der Waals surface area contributed by atoms with Crippen molar-refractivity contribution in [2.45, 2.75) is 45.1 Å². The molecule has 1 saturated carbocycles. The Morgan fingerprint density at radius 1 is 1.28 bits per heavy atom. The molecule has 1 nitrogen and oxygen atoms in total. The minimum atomic E-state index is 0.538. The van der Waals surface area contributed by atoms with Gasteiger partial charge in [0.25, 0.3) is 0 Å². The molecule has 1 aromatic rings. The summed E-state index contributed by atoms with van der Waals surface area (Å²) in [4.78, 5) is 0. The van der Waals surface area contributed by atoms with Gasteiger partial charge in [-0.05, 0) is 72.0 Å². The van der Waals surface area contributed by atoms with Gasteiger partial charge in [-0.1, -0.05) is 38.3 Å². The summed E-state index contributed by atoms with van der Waals surface area (Å²) in [6.07, 6.45) is 6.98. The van der Waals surface area contributed by atoms with E-state index in [0.717, 1.165) is 11.8 Å². The van der Waals surface area contributed by atoms with Crippen molar-refractivity contribution < 1.29 is 0 Å². The predicted molar refractivity (Wildman–Crippen MR) is 86.7 cm³/mol. The first kappa shape index (κ1) is 14.3. The Kier molecular flexibility index (Phi) is 5.49. The summed E-state index contributed by atoms with van der Waals surface area (Å²) in [6.45, 7) is 2.34. The minimum Gasteiger partial charge on any atom is -0.313 e. The maximum Gasteiger partial charge on any atom is 0.0346 e. The van der Waals surface area contributed by atoms with Crippen LogP contribution in [0.5, 0.6) is 0 Å². The average Bonchev–Trinajstić information content (AvgIpc) is 2.42. The molecule has 0 aliphatic heterocycles. The topological polar surface area (TPSA) is 12.0 Å². The molecule has 0 amide bonds. The van der Waals surface area contributed by atoms with Crippen LogP contribution in [0.2, 0.25) is 0 Å². The van der Waals surface area contributed by atoms with E-state index in [9.17, 15) is 0 Å². The molecule has 2 rings (SSSR count). The highest BCUT2D eigenvalue weighted by atomic mass is 127. The minimum absolute atomic E-state index is 0.538. The van der Waals surface area contributed by atoms with Crippen molar-refractivity contribution in [2.75, 3.05) is 7.05 Å². The summed E-state index contributed by atoms with van der Waals surface area (Å²) in [5, 5.41) is 3.55. The molecule has 100 valence electrons. The van der Waals surface area contributed by atoms with Crippen LogP contribution < -0.4 is 5.32 Å². The van der Waals surface area contributed by atoms with Crippen LogP contribution in [0, 0.1) is 15.4 Å². The van der Waals surface area contributed by atoms with Crippen molar-refractivity contribution in [3.05, 3.63) is 33.4 Å². The van der Waals surface area contributed by atoms with E-state index in [2.05, 4.69) is 66.1 Å². The van der Waals surface area contributed by atoms with Crippen molar-refractivity contribution >= 4 is 22.6 Å². The van der Waals surface area contributed by atoms with Crippen molar-refractivity contribution in [1.29, 1.82) is 0 Å². The average molecular weight is 357 g/mol. The maximum atomic E-state index is 3.55. The quantitative estimate of drug-likeness (QED) is 0.766. The summed E-state index contributed by atoms with van der Waals surface area (Å²) in [5.74, 6) is 1.76. The zero-order chi connectivity index (χ0) is 13.0. The Bertz CT molecular complexity index is 360. The zero-order valence-electron chi connectivity index (χ0n) is 11.5. The molecule has 1 fully saturated rings. The molecule has 2 heteroatoms. The van der Waals surface area contributed by atoms with E-state index in [1.54, 1.807) is 0 Å². The highest BCUT2D eigenvalue weighted by Gasteiger charge is 2.27. The van der Waals surface area contributed by atoms with E-state index < -0.39 is 0 Å². The number of nitrogens with one attached hydrogen (secondary N) is 1. The van der Waals surface area contributed by atoms with Gasteiger partial charge in [-0.25, -0.2) is 0 Å². The molecule has 0 spiro atoms. The van der Waals surface area contributed by atoms with Gasteiger partial charge >= 0.3 is 0 Å². The molecule has 3 unspecified atom stereocenters. The number of hydrogen-bond acceptors (Lipinski definition) is 1. The Labute approximate surface area is 125 Å². The van der Waals surface area contributed by atoms with Gasteiger partial charge in [0.15, 0.2) is 0 Å². The fourth-order valence-corrected chi connectivity index (χ4v) is 3.71. The van der Waals surface area contributed by atoms with Gasteiger partial charge in [0, 0.05) is 9.61 Å². The van der Waals surface area contributed by atoms with Gasteiger partial charge in [-0.2, -0.15) is 0 Å². The van der Waals surface area contributed by atoms with Crippen LogP contribution in [0.1, 0.15) is 50.6 Å². The molecule has 0 saturated heterocycles. The molecule has 1 N–H and O–H groups in total. The third-order valence-corrected chi connectivity index (χ3v) is 5.13. The van der Waals surface area contributed by atoms with E-state index in [4.69, 9.17) is 0 Å². The lowest BCUT2D eigenvalue weighted by Crippen LogP contribution is -2.29. The summed E-state index contributed by atoms with van der Waals surface area (Å²) in [5.41, 5.74) is 1.46. The molecular weight excluding hydrogens is 333 g/mol. The molecule has 0 radical (unpaired) electrons. The van der Waals surface area contributed by atoms with E-state index in [0.29, 0.717) is 6.04 Å². The van der Waals surface area contributed by atoms with Crippen LogP contribution in [0.3, 0.4) is 0 Å². The largest absolute Gasteiger partial charge is 0.313 e. The highest BCUT2D eigenvalue weighted by Crippen LogP contribution is 2.38. The Hall–Kier alpha value is -0.0900. The van der Waals surface area contributed by atoms with Crippen molar-refractivity contribution in [3.8, 4) is 0 Å². The fourth-order valence-electron chi connectivity index (χ4n) is 3.35. The second-order valence-corrected chi connectivity index (χ2v) is 6.76. The van der Waals surface area contributed by atoms with E-state index in [1.165, 1.54) is 41.2 Å². The van der Waals surface area contributed by atoms with E-state index in [-0.39, 0.29) is 0 Å². The van der Waals surface area contributed by atoms with Crippen LogP contribution in [0.25, 0.3) is 0 Å². The lowest BCUT2D eigenvalue weighted by Gasteiger charge is -2.34. The van der Waals surface area contributed by atoms with Crippen LogP contribution in [0.15, 0.2) is 24.3 Å². The number of halogens is 1. The second kappa shape index (κ2) is 6.90. The lowest BCUT2D eigenvalue weighted by molar-refractivity contribution is 0.214. The lowest BCUT2D eigenvalue weighted by atomic mass is 9.75.